The summed E-state index contributed by atoms with van der Waals surface area (Å²) in [5.74, 6) is 0. The van der Waals surface area contributed by atoms with Gasteiger partial charge in [-0.15, -0.1) is 0 Å². The van der Waals surface area contributed by atoms with Crippen LogP contribution in [0.25, 0.3) is 12.2 Å². The first-order valence-electron chi connectivity index (χ1n) is 5.97. The standard InChI is InChI=1S/C16H18N2/c1-18(2)15-11-8-13(9-12-15)7-10-14-5-3-4-6-16(14)17/h3-12H,17H2,1-2H3. The van der Waals surface area contributed by atoms with Gasteiger partial charge in [0, 0.05) is 25.5 Å². The lowest BCUT2D eigenvalue weighted by molar-refractivity contribution is 1.13. The number of rotatable bonds is 3. The fraction of sp³-hybridized carbons (Fsp3) is 0.125. The molecule has 0 aromatic heterocycles. The number of benzene rings is 2. The van der Waals surface area contributed by atoms with Gasteiger partial charge >= 0.3 is 0 Å². The van der Waals surface area contributed by atoms with Crippen molar-refractivity contribution in [2.24, 2.45) is 0 Å². The number of hydrogen-bond acceptors (Lipinski definition) is 2. The minimum absolute atomic E-state index is 0.804. The smallest absolute Gasteiger partial charge is 0.0387 e. The third-order valence-corrected chi connectivity index (χ3v) is 2.86. The molecule has 0 spiro atoms. The van der Waals surface area contributed by atoms with Crippen LogP contribution < -0.4 is 10.6 Å². The number of nitrogens with two attached hydrogens (primary N) is 1. The van der Waals surface area contributed by atoms with E-state index in [1.807, 2.05) is 44.4 Å². The average molecular weight is 238 g/mol. The Morgan fingerprint density at radius 2 is 1.56 bits per heavy atom. The Balaban J connectivity index is 2.17. The van der Waals surface area contributed by atoms with E-state index in [4.69, 9.17) is 5.73 Å². The SMILES string of the molecule is CN(C)c1ccc(C=Cc2ccccc2N)cc1. The molecule has 0 aliphatic carbocycles. The Bertz CT molecular complexity index is 539. The molecular formula is C16H18N2. The Kier molecular flexibility index (Phi) is 3.68. The summed E-state index contributed by atoms with van der Waals surface area (Å²) >= 11 is 0. The van der Waals surface area contributed by atoms with Crippen LogP contribution in [0.15, 0.2) is 48.5 Å². The van der Waals surface area contributed by atoms with Crippen LogP contribution in [0.1, 0.15) is 11.1 Å². The molecule has 2 rings (SSSR count). The van der Waals surface area contributed by atoms with E-state index in [9.17, 15) is 0 Å². The highest BCUT2D eigenvalue weighted by atomic mass is 15.1. The van der Waals surface area contributed by atoms with E-state index in [1.165, 1.54) is 11.3 Å². The van der Waals surface area contributed by atoms with Crippen molar-refractivity contribution in [3.8, 4) is 0 Å². The van der Waals surface area contributed by atoms with Crippen LogP contribution in [-0.2, 0) is 0 Å². The summed E-state index contributed by atoms with van der Waals surface area (Å²) in [5.41, 5.74) is 10.1. The fourth-order valence-corrected chi connectivity index (χ4v) is 1.73. The summed E-state index contributed by atoms with van der Waals surface area (Å²) in [7, 11) is 4.07. The van der Waals surface area contributed by atoms with Crippen molar-refractivity contribution in [3.63, 3.8) is 0 Å². The van der Waals surface area contributed by atoms with Gasteiger partial charge in [-0.05, 0) is 29.3 Å². The average Bonchev–Trinajstić information content (AvgIpc) is 2.38. The molecule has 2 nitrogen and oxygen atoms in total. The van der Waals surface area contributed by atoms with E-state index in [1.54, 1.807) is 0 Å². The van der Waals surface area contributed by atoms with Crippen molar-refractivity contribution in [1.29, 1.82) is 0 Å². The van der Waals surface area contributed by atoms with Gasteiger partial charge in [-0.2, -0.15) is 0 Å². The number of para-hydroxylation sites is 1. The lowest BCUT2D eigenvalue weighted by atomic mass is 10.1. The van der Waals surface area contributed by atoms with Gasteiger partial charge in [-0.25, -0.2) is 0 Å². The maximum Gasteiger partial charge on any atom is 0.0387 e. The van der Waals surface area contributed by atoms with E-state index < -0.39 is 0 Å². The van der Waals surface area contributed by atoms with Crippen molar-refractivity contribution < 1.29 is 0 Å². The van der Waals surface area contributed by atoms with Crippen LogP contribution in [-0.4, -0.2) is 14.1 Å². The zero-order chi connectivity index (χ0) is 13.0. The highest BCUT2D eigenvalue weighted by Gasteiger charge is 1.95. The molecule has 0 radical (unpaired) electrons. The van der Waals surface area contributed by atoms with Crippen molar-refractivity contribution in [3.05, 3.63) is 59.7 Å². The number of nitrogens with zero attached hydrogens (tertiary/aromatic N) is 1. The molecular weight excluding hydrogens is 220 g/mol. The van der Waals surface area contributed by atoms with Crippen LogP contribution in [0.2, 0.25) is 0 Å². The first-order chi connectivity index (χ1) is 8.66. The molecule has 0 aliphatic rings. The summed E-state index contributed by atoms with van der Waals surface area (Å²) in [4.78, 5) is 2.09. The van der Waals surface area contributed by atoms with Crippen LogP contribution in [0, 0.1) is 0 Å². The Hall–Kier alpha value is -2.22. The molecule has 2 aromatic rings. The number of hydrogen-bond donors (Lipinski definition) is 1. The summed E-state index contributed by atoms with van der Waals surface area (Å²) in [6.45, 7) is 0. The predicted molar refractivity (Wildman–Crippen MR) is 80.6 cm³/mol. The van der Waals surface area contributed by atoms with E-state index >= 15 is 0 Å². The Morgan fingerprint density at radius 1 is 0.889 bits per heavy atom. The predicted octanol–water partition coefficient (Wildman–Crippen LogP) is 3.51. The van der Waals surface area contributed by atoms with Gasteiger partial charge in [0.1, 0.15) is 0 Å². The first-order valence-corrected chi connectivity index (χ1v) is 5.97. The van der Waals surface area contributed by atoms with Gasteiger partial charge in [-0.1, -0.05) is 42.5 Å². The van der Waals surface area contributed by atoms with Crippen molar-refractivity contribution in [2.45, 2.75) is 0 Å². The summed E-state index contributed by atoms with van der Waals surface area (Å²) in [5, 5.41) is 0. The zero-order valence-corrected chi connectivity index (χ0v) is 10.8. The van der Waals surface area contributed by atoms with E-state index in [0.29, 0.717) is 0 Å². The highest BCUT2D eigenvalue weighted by Crippen LogP contribution is 2.17. The number of anilines is 2. The second-order valence-electron chi connectivity index (χ2n) is 4.45. The van der Waals surface area contributed by atoms with Gasteiger partial charge in [0.15, 0.2) is 0 Å². The third-order valence-electron chi connectivity index (χ3n) is 2.86. The maximum absolute atomic E-state index is 5.89. The van der Waals surface area contributed by atoms with Crippen molar-refractivity contribution >= 4 is 23.5 Å². The number of nitrogen functional groups attached to an aromatic ring is 1. The quantitative estimate of drug-likeness (QED) is 0.655. The molecule has 2 aromatic carbocycles. The molecule has 0 bridgehead atoms. The Labute approximate surface area is 108 Å². The largest absolute Gasteiger partial charge is 0.398 e. The van der Waals surface area contributed by atoms with E-state index in [-0.39, 0.29) is 0 Å². The van der Waals surface area contributed by atoms with E-state index in [2.05, 4.69) is 35.2 Å². The monoisotopic (exact) mass is 238 g/mol. The molecule has 18 heavy (non-hydrogen) atoms. The fourth-order valence-electron chi connectivity index (χ4n) is 1.73. The van der Waals surface area contributed by atoms with Gasteiger partial charge in [0.25, 0.3) is 0 Å². The van der Waals surface area contributed by atoms with Gasteiger partial charge in [0.05, 0.1) is 0 Å². The van der Waals surface area contributed by atoms with Crippen LogP contribution in [0.4, 0.5) is 11.4 Å². The molecule has 0 fully saturated rings. The summed E-state index contributed by atoms with van der Waals surface area (Å²) in [6.07, 6.45) is 4.12. The maximum atomic E-state index is 5.89. The molecule has 0 amide bonds. The van der Waals surface area contributed by atoms with Gasteiger partial charge in [0.2, 0.25) is 0 Å². The van der Waals surface area contributed by atoms with Crippen molar-refractivity contribution in [2.75, 3.05) is 24.7 Å². The topological polar surface area (TPSA) is 29.3 Å². The molecule has 0 heterocycles. The van der Waals surface area contributed by atoms with Crippen LogP contribution in [0.5, 0.6) is 0 Å². The normalized spacial score (nSPS) is 10.8. The summed E-state index contributed by atoms with van der Waals surface area (Å²) in [6, 6.07) is 16.3. The second-order valence-corrected chi connectivity index (χ2v) is 4.45. The molecule has 2 heteroatoms. The highest BCUT2D eigenvalue weighted by molar-refractivity contribution is 5.75. The van der Waals surface area contributed by atoms with Crippen molar-refractivity contribution in [1.82, 2.24) is 0 Å². The van der Waals surface area contributed by atoms with Gasteiger partial charge in [-0.3, -0.25) is 0 Å². The minimum atomic E-state index is 0.804. The molecule has 0 aliphatic heterocycles. The lowest BCUT2D eigenvalue weighted by Crippen LogP contribution is -2.07. The molecule has 2 N–H and O–H groups in total. The molecule has 92 valence electrons. The lowest BCUT2D eigenvalue weighted by Gasteiger charge is -2.11. The summed E-state index contributed by atoms with van der Waals surface area (Å²) < 4.78 is 0. The molecule has 0 atom stereocenters. The minimum Gasteiger partial charge on any atom is -0.398 e. The Morgan fingerprint density at radius 3 is 2.17 bits per heavy atom. The zero-order valence-electron chi connectivity index (χ0n) is 10.8. The van der Waals surface area contributed by atoms with Crippen LogP contribution >= 0.6 is 0 Å². The van der Waals surface area contributed by atoms with Crippen LogP contribution in [0.3, 0.4) is 0 Å². The third kappa shape index (κ3) is 2.92. The first kappa shape index (κ1) is 12.2. The molecule has 0 saturated carbocycles. The van der Waals surface area contributed by atoms with Gasteiger partial charge < -0.3 is 10.6 Å². The van der Waals surface area contributed by atoms with E-state index in [0.717, 1.165) is 11.3 Å². The second kappa shape index (κ2) is 5.41. The molecule has 0 saturated heterocycles. The molecule has 0 unspecified atom stereocenters.